The molecule has 27 heavy (non-hydrogen) atoms. The van der Waals surface area contributed by atoms with E-state index in [2.05, 4.69) is 16.0 Å². The van der Waals surface area contributed by atoms with Crippen molar-refractivity contribution < 1.29 is 9.53 Å². The van der Waals surface area contributed by atoms with Gasteiger partial charge < -0.3 is 14.6 Å². The van der Waals surface area contributed by atoms with Crippen LogP contribution < -0.4 is 10.5 Å². The second-order valence-electron chi connectivity index (χ2n) is 6.32. The third-order valence-corrected chi connectivity index (χ3v) is 4.68. The first-order valence-corrected chi connectivity index (χ1v) is 8.53. The number of hydrogen-bond acceptors (Lipinski definition) is 6. The van der Waals surface area contributed by atoms with E-state index in [0.29, 0.717) is 28.7 Å². The van der Waals surface area contributed by atoms with Gasteiger partial charge in [0.05, 0.1) is 35.3 Å². The monoisotopic (exact) mass is 360 g/mol. The van der Waals surface area contributed by atoms with Crippen LogP contribution >= 0.6 is 0 Å². The van der Waals surface area contributed by atoms with E-state index in [1.807, 2.05) is 17.0 Å². The Bertz CT molecular complexity index is 1160. The van der Waals surface area contributed by atoms with E-state index in [1.54, 1.807) is 24.3 Å². The summed E-state index contributed by atoms with van der Waals surface area (Å²) in [4.78, 5) is 33.6. The molecule has 0 spiro atoms. The fraction of sp³-hybridized carbons (Fsp3) is 0.200. The summed E-state index contributed by atoms with van der Waals surface area (Å²) in [6, 6.07) is 12.4. The van der Waals surface area contributed by atoms with Crippen LogP contribution in [0.4, 0.5) is 11.5 Å². The summed E-state index contributed by atoms with van der Waals surface area (Å²) >= 11 is 0. The Kier molecular flexibility index (Phi) is 4.09. The molecule has 1 aliphatic rings. The average Bonchev–Trinajstić information content (AvgIpc) is 2.71. The molecule has 0 amide bonds. The van der Waals surface area contributed by atoms with Crippen LogP contribution in [0.2, 0.25) is 0 Å². The molecule has 7 nitrogen and oxygen atoms in total. The lowest BCUT2D eigenvalue weighted by Gasteiger charge is -2.30. The number of fused-ring (bicyclic) bond motifs is 2. The van der Waals surface area contributed by atoms with E-state index in [4.69, 9.17) is 10.00 Å². The van der Waals surface area contributed by atoms with Gasteiger partial charge in [-0.05, 0) is 54.8 Å². The molecule has 0 unspecified atom stereocenters. The highest BCUT2D eigenvalue weighted by atomic mass is 16.5. The molecule has 0 bridgehead atoms. The topological polar surface area (TPSA) is 99.1 Å². The number of nitriles is 1. The van der Waals surface area contributed by atoms with E-state index in [9.17, 15) is 9.59 Å². The standard InChI is InChI=1S/C20H16N4O3/c1-27-20(26)14-5-6-15-16(10-14)22-18(19(25)23-15)24-8-2-3-13-9-12(11-21)4-7-17(13)24/h4-7,9-10H,2-3,8H2,1H3,(H,23,25). The molecule has 1 aliphatic heterocycles. The third-order valence-electron chi connectivity index (χ3n) is 4.68. The molecule has 7 heteroatoms. The summed E-state index contributed by atoms with van der Waals surface area (Å²) in [5, 5.41) is 9.11. The number of aryl methyl sites for hydroxylation is 1. The van der Waals surface area contributed by atoms with Gasteiger partial charge in [-0.15, -0.1) is 0 Å². The lowest BCUT2D eigenvalue weighted by molar-refractivity contribution is 0.0601. The number of aromatic nitrogens is 2. The van der Waals surface area contributed by atoms with Gasteiger partial charge in [-0.1, -0.05) is 0 Å². The van der Waals surface area contributed by atoms with Crippen LogP contribution in [-0.2, 0) is 11.2 Å². The number of benzene rings is 2. The number of nitrogens with one attached hydrogen (secondary N) is 1. The number of aromatic amines is 1. The maximum Gasteiger partial charge on any atom is 0.337 e. The minimum absolute atomic E-state index is 0.273. The number of anilines is 2. The first-order chi connectivity index (χ1) is 13.1. The Morgan fingerprint density at radius 2 is 2.15 bits per heavy atom. The average molecular weight is 360 g/mol. The van der Waals surface area contributed by atoms with Crippen molar-refractivity contribution >= 4 is 28.5 Å². The maximum absolute atomic E-state index is 12.6. The summed E-state index contributed by atoms with van der Waals surface area (Å²) in [6.45, 7) is 0.650. The predicted molar refractivity (Wildman–Crippen MR) is 100 cm³/mol. The number of carbonyl (C=O) groups excluding carboxylic acids is 1. The lowest BCUT2D eigenvalue weighted by atomic mass is 9.99. The first kappa shape index (κ1) is 16.8. The van der Waals surface area contributed by atoms with Crippen LogP contribution in [0.3, 0.4) is 0 Å². The predicted octanol–water partition coefficient (Wildman–Crippen LogP) is 2.67. The zero-order valence-corrected chi connectivity index (χ0v) is 14.7. The number of nitrogens with zero attached hydrogens (tertiary/aromatic N) is 3. The van der Waals surface area contributed by atoms with Crippen molar-refractivity contribution in [3.05, 3.63) is 63.4 Å². The van der Waals surface area contributed by atoms with Crippen molar-refractivity contribution in [2.24, 2.45) is 0 Å². The van der Waals surface area contributed by atoms with Crippen molar-refractivity contribution in [3.63, 3.8) is 0 Å². The molecule has 0 saturated heterocycles. The minimum atomic E-state index is -0.459. The third kappa shape index (κ3) is 2.91. The van der Waals surface area contributed by atoms with Gasteiger partial charge in [-0.25, -0.2) is 9.78 Å². The molecule has 0 saturated carbocycles. The van der Waals surface area contributed by atoms with Crippen LogP contribution in [0.1, 0.15) is 27.9 Å². The van der Waals surface area contributed by atoms with Crippen molar-refractivity contribution in [1.82, 2.24) is 9.97 Å². The van der Waals surface area contributed by atoms with Gasteiger partial charge in [-0.3, -0.25) is 4.79 Å². The molecule has 0 radical (unpaired) electrons. The molecule has 1 N–H and O–H groups in total. The van der Waals surface area contributed by atoms with Crippen LogP contribution in [0.15, 0.2) is 41.2 Å². The SMILES string of the molecule is COC(=O)c1ccc2[nH]c(=O)c(N3CCCc4cc(C#N)ccc43)nc2c1. The number of rotatable bonds is 2. The van der Waals surface area contributed by atoms with Crippen molar-refractivity contribution in [2.75, 3.05) is 18.6 Å². The Hall–Kier alpha value is -3.66. The number of H-pyrrole nitrogens is 1. The molecular formula is C20H16N4O3. The van der Waals surface area contributed by atoms with E-state index in [-0.39, 0.29) is 11.4 Å². The van der Waals surface area contributed by atoms with E-state index >= 15 is 0 Å². The van der Waals surface area contributed by atoms with Gasteiger partial charge in [0.15, 0.2) is 5.82 Å². The first-order valence-electron chi connectivity index (χ1n) is 8.53. The van der Waals surface area contributed by atoms with Crippen LogP contribution in [0.5, 0.6) is 0 Å². The summed E-state index contributed by atoms with van der Waals surface area (Å²) in [7, 11) is 1.32. The minimum Gasteiger partial charge on any atom is -0.465 e. The molecule has 1 aromatic heterocycles. The zero-order valence-electron chi connectivity index (χ0n) is 14.7. The fourth-order valence-electron chi connectivity index (χ4n) is 3.39. The molecule has 0 fully saturated rings. The fourth-order valence-corrected chi connectivity index (χ4v) is 3.39. The van der Waals surface area contributed by atoms with E-state index in [0.717, 1.165) is 24.1 Å². The highest BCUT2D eigenvalue weighted by molar-refractivity contribution is 5.93. The number of esters is 1. The second-order valence-corrected chi connectivity index (χ2v) is 6.32. The van der Waals surface area contributed by atoms with Crippen molar-refractivity contribution in [3.8, 4) is 6.07 Å². The summed E-state index contributed by atoms with van der Waals surface area (Å²) in [5.74, 6) is -0.186. The molecule has 3 aromatic rings. The van der Waals surface area contributed by atoms with Gasteiger partial charge in [0.2, 0.25) is 0 Å². The van der Waals surface area contributed by atoms with Crippen LogP contribution in [0.25, 0.3) is 11.0 Å². The maximum atomic E-state index is 12.6. The normalized spacial score (nSPS) is 13.1. The molecule has 2 aromatic carbocycles. The Labute approximate surface area is 154 Å². The van der Waals surface area contributed by atoms with E-state index in [1.165, 1.54) is 7.11 Å². The summed E-state index contributed by atoms with van der Waals surface area (Å²) < 4.78 is 4.75. The smallest absolute Gasteiger partial charge is 0.337 e. The van der Waals surface area contributed by atoms with Crippen LogP contribution in [0, 0.1) is 11.3 Å². The largest absolute Gasteiger partial charge is 0.465 e. The molecule has 134 valence electrons. The molecule has 4 rings (SSSR count). The van der Waals surface area contributed by atoms with Crippen molar-refractivity contribution in [1.29, 1.82) is 5.26 Å². The highest BCUT2D eigenvalue weighted by Gasteiger charge is 2.22. The number of ether oxygens (including phenoxy) is 1. The van der Waals surface area contributed by atoms with Crippen LogP contribution in [-0.4, -0.2) is 29.6 Å². The van der Waals surface area contributed by atoms with Gasteiger partial charge in [0, 0.05) is 12.2 Å². The summed E-state index contributed by atoms with van der Waals surface area (Å²) in [5.41, 5.74) is 3.62. The number of hydrogen-bond donors (Lipinski definition) is 1. The second kappa shape index (κ2) is 6.57. The van der Waals surface area contributed by atoms with Gasteiger partial charge in [-0.2, -0.15) is 5.26 Å². The van der Waals surface area contributed by atoms with Crippen molar-refractivity contribution in [2.45, 2.75) is 12.8 Å². The Morgan fingerprint density at radius 3 is 2.93 bits per heavy atom. The summed E-state index contributed by atoms with van der Waals surface area (Å²) in [6.07, 6.45) is 1.70. The zero-order chi connectivity index (χ0) is 19.0. The molecule has 0 aliphatic carbocycles. The Morgan fingerprint density at radius 1 is 1.30 bits per heavy atom. The Balaban J connectivity index is 1.85. The highest BCUT2D eigenvalue weighted by Crippen LogP contribution is 2.32. The van der Waals surface area contributed by atoms with Gasteiger partial charge in [0.1, 0.15) is 0 Å². The molecular weight excluding hydrogens is 344 g/mol. The number of carbonyl (C=O) groups is 1. The molecule has 2 heterocycles. The van der Waals surface area contributed by atoms with Gasteiger partial charge >= 0.3 is 5.97 Å². The quantitative estimate of drug-likeness (QED) is 0.706. The number of methoxy groups -OCH3 is 1. The molecule has 0 atom stereocenters. The van der Waals surface area contributed by atoms with Gasteiger partial charge in [0.25, 0.3) is 5.56 Å². The van der Waals surface area contributed by atoms with E-state index < -0.39 is 5.97 Å². The lowest BCUT2D eigenvalue weighted by Crippen LogP contribution is -2.30.